The van der Waals surface area contributed by atoms with Crippen molar-refractivity contribution < 1.29 is 19.1 Å². The number of thioether (sulfide) groups is 1. The van der Waals surface area contributed by atoms with Gasteiger partial charge in [0, 0.05) is 5.75 Å². The van der Waals surface area contributed by atoms with Gasteiger partial charge >= 0.3 is 5.97 Å². The van der Waals surface area contributed by atoms with E-state index in [0.29, 0.717) is 16.8 Å². The molecular weight excluding hydrogens is 310 g/mol. The minimum Gasteiger partial charge on any atom is -0.479 e. The van der Waals surface area contributed by atoms with E-state index in [1.54, 1.807) is 6.07 Å². The van der Waals surface area contributed by atoms with Gasteiger partial charge in [-0.2, -0.15) is 11.8 Å². The maximum absolute atomic E-state index is 11.8. The first-order valence-corrected chi connectivity index (χ1v) is 6.87. The Hall–Kier alpha value is -0.950. The van der Waals surface area contributed by atoms with Gasteiger partial charge < -0.3 is 14.8 Å². The van der Waals surface area contributed by atoms with E-state index in [1.807, 2.05) is 0 Å². The Bertz CT molecular complexity index is 453. The number of aliphatic carboxylic acids is 1. The topological polar surface area (TPSA) is 79.5 Å². The first kappa shape index (κ1) is 12.5. The number of furan rings is 1. The fourth-order valence-electron chi connectivity index (χ4n) is 1.60. The fourth-order valence-corrected chi connectivity index (χ4v) is 3.23. The molecule has 1 saturated heterocycles. The van der Waals surface area contributed by atoms with Gasteiger partial charge in [-0.1, -0.05) is 0 Å². The lowest BCUT2D eigenvalue weighted by molar-refractivity contribution is -0.143. The van der Waals surface area contributed by atoms with Gasteiger partial charge in [-0.25, -0.2) is 4.79 Å². The normalized spacial score (nSPS) is 23.6. The first-order valence-electron chi connectivity index (χ1n) is 4.92. The molecule has 0 aromatic carbocycles. The summed E-state index contributed by atoms with van der Waals surface area (Å²) in [4.78, 5) is 23.1. The van der Waals surface area contributed by atoms with E-state index in [9.17, 15) is 14.7 Å². The number of rotatable bonds is 3. The van der Waals surface area contributed by atoms with E-state index >= 15 is 0 Å². The van der Waals surface area contributed by atoms with Gasteiger partial charge in [0.25, 0.3) is 5.91 Å². The molecule has 1 aliphatic heterocycles. The molecule has 1 atom stereocenters. The van der Waals surface area contributed by atoms with Gasteiger partial charge in [-0.3, -0.25) is 4.79 Å². The molecule has 1 aliphatic rings. The predicted molar refractivity (Wildman–Crippen MR) is 66.2 cm³/mol. The van der Waals surface area contributed by atoms with Crippen LogP contribution >= 0.6 is 27.7 Å². The quantitative estimate of drug-likeness (QED) is 0.887. The van der Waals surface area contributed by atoms with Crippen molar-refractivity contribution in [2.24, 2.45) is 0 Å². The van der Waals surface area contributed by atoms with Crippen molar-refractivity contribution in [1.29, 1.82) is 0 Å². The number of nitrogens with one attached hydrogen (secondary N) is 1. The van der Waals surface area contributed by atoms with Crippen LogP contribution in [0.4, 0.5) is 0 Å². The van der Waals surface area contributed by atoms with Crippen molar-refractivity contribution in [3.8, 4) is 0 Å². The molecule has 92 valence electrons. The summed E-state index contributed by atoms with van der Waals surface area (Å²) in [6.07, 6.45) is 0.431. The molecule has 1 fully saturated rings. The molecule has 1 unspecified atom stereocenters. The van der Waals surface area contributed by atoms with Crippen molar-refractivity contribution in [3.05, 3.63) is 22.6 Å². The predicted octanol–water partition coefficient (Wildman–Crippen LogP) is 1.73. The Morgan fingerprint density at radius 2 is 2.29 bits per heavy atom. The van der Waals surface area contributed by atoms with Crippen LogP contribution in [-0.2, 0) is 4.79 Å². The lowest BCUT2D eigenvalue weighted by Crippen LogP contribution is -2.54. The van der Waals surface area contributed by atoms with Gasteiger partial charge in [-0.15, -0.1) is 0 Å². The molecule has 2 N–H and O–H groups in total. The summed E-state index contributed by atoms with van der Waals surface area (Å²) in [6, 6.07) is 3.09. The Morgan fingerprint density at radius 3 is 2.76 bits per heavy atom. The number of carbonyl (C=O) groups is 2. The molecule has 0 aliphatic carbocycles. The van der Waals surface area contributed by atoms with E-state index in [2.05, 4.69) is 21.2 Å². The van der Waals surface area contributed by atoms with Gasteiger partial charge in [0.15, 0.2) is 10.4 Å². The number of carbonyl (C=O) groups excluding carboxylic acids is 1. The van der Waals surface area contributed by atoms with Crippen molar-refractivity contribution in [2.45, 2.75) is 12.0 Å². The zero-order chi connectivity index (χ0) is 12.5. The summed E-state index contributed by atoms with van der Waals surface area (Å²) >= 11 is 4.60. The highest BCUT2D eigenvalue weighted by Gasteiger charge is 2.43. The van der Waals surface area contributed by atoms with E-state index in [4.69, 9.17) is 4.42 Å². The highest BCUT2D eigenvalue weighted by Crippen LogP contribution is 2.28. The monoisotopic (exact) mass is 319 g/mol. The Balaban J connectivity index is 2.14. The van der Waals surface area contributed by atoms with Crippen molar-refractivity contribution in [3.63, 3.8) is 0 Å². The van der Waals surface area contributed by atoms with Gasteiger partial charge in [0.2, 0.25) is 0 Å². The molecule has 17 heavy (non-hydrogen) atoms. The van der Waals surface area contributed by atoms with Crippen LogP contribution in [0.2, 0.25) is 0 Å². The third-order valence-corrected chi connectivity index (χ3v) is 4.20. The molecule has 0 radical (unpaired) electrons. The maximum Gasteiger partial charge on any atom is 0.330 e. The molecule has 0 saturated carbocycles. The second-order valence-corrected chi connectivity index (χ2v) is 5.63. The number of halogens is 1. The van der Waals surface area contributed by atoms with Crippen LogP contribution in [0.5, 0.6) is 0 Å². The van der Waals surface area contributed by atoms with Crippen LogP contribution in [-0.4, -0.2) is 34.0 Å². The molecule has 7 heteroatoms. The number of amides is 1. The lowest BCUT2D eigenvalue weighted by atomic mass is 9.99. The molecule has 0 spiro atoms. The van der Waals surface area contributed by atoms with E-state index in [0.717, 1.165) is 5.75 Å². The van der Waals surface area contributed by atoms with E-state index < -0.39 is 17.4 Å². The minimum absolute atomic E-state index is 0.106. The summed E-state index contributed by atoms with van der Waals surface area (Å²) in [5.41, 5.74) is -1.17. The highest BCUT2D eigenvalue weighted by molar-refractivity contribution is 9.10. The van der Waals surface area contributed by atoms with Crippen LogP contribution < -0.4 is 5.32 Å². The number of hydrogen-bond donors (Lipinski definition) is 2. The summed E-state index contributed by atoms with van der Waals surface area (Å²) < 4.78 is 5.52. The van der Waals surface area contributed by atoms with E-state index in [1.165, 1.54) is 17.8 Å². The summed E-state index contributed by atoms with van der Waals surface area (Å²) in [7, 11) is 0. The first-order chi connectivity index (χ1) is 8.03. The zero-order valence-electron chi connectivity index (χ0n) is 8.73. The van der Waals surface area contributed by atoms with Gasteiger partial charge in [0.05, 0.1) is 0 Å². The third-order valence-electron chi connectivity index (χ3n) is 2.58. The fraction of sp³-hybridized carbons (Fsp3) is 0.400. The highest BCUT2D eigenvalue weighted by atomic mass is 79.9. The van der Waals surface area contributed by atoms with Crippen LogP contribution in [0.25, 0.3) is 0 Å². The van der Waals surface area contributed by atoms with Crippen LogP contribution in [0.15, 0.2) is 21.2 Å². The summed E-state index contributed by atoms with van der Waals surface area (Å²) in [6.45, 7) is 0. The summed E-state index contributed by atoms with van der Waals surface area (Å²) in [5, 5.41) is 11.7. The molecule has 1 aromatic heterocycles. The van der Waals surface area contributed by atoms with Crippen LogP contribution in [0.1, 0.15) is 17.0 Å². The van der Waals surface area contributed by atoms with Crippen molar-refractivity contribution >= 4 is 39.6 Å². The molecule has 5 nitrogen and oxygen atoms in total. The lowest BCUT2D eigenvalue weighted by Gasteiger charge is -2.23. The van der Waals surface area contributed by atoms with E-state index in [-0.39, 0.29) is 5.76 Å². The molecular formula is C10H10BrNO4S. The number of hydrogen-bond acceptors (Lipinski definition) is 4. The largest absolute Gasteiger partial charge is 0.479 e. The molecule has 0 bridgehead atoms. The number of carboxylic acid groups (broad SMARTS) is 1. The SMILES string of the molecule is O=C(NC1(C(=O)O)CCSC1)c1ccc(Br)o1. The molecule has 1 amide bonds. The second-order valence-electron chi connectivity index (χ2n) is 3.75. The minimum atomic E-state index is -1.17. The smallest absolute Gasteiger partial charge is 0.330 e. The maximum atomic E-state index is 11.8. The van der Waals surface area contributed by atoms with Crippen LogP contribution in [0, 0.1) is 0 Å². The van der Waals surface area contributed by atoms with Gasteiger partial charge in [-0.05, 0) is 40.2 Å². The van der Waals surface area contributed by atoms with Gasteiger partial charge in [0.1, 0.15) is 5.54 Å². The average molecular weight is 320 g/mol. The molecule has 2 rings (SSSR count). The Kier molecular flexibility index (Phi) is 3.48. The molecule has 1 aromatic rings. The standard InChI is InChI=1S/C10H10BrNO4S/c11-7-2-1-6(16-7)8(13)12-10(9(14)15)3-4-17-5-10/h1-2H,3-5H2,(H,12,13)(H,14,15). The summed E-state index contributed by atoms with van der Waals surface area (Å²) in [5.74, 6) is -0.277. The zero-order valence-corrected chi connectivity index (χ0v) is 11.1. The number of carboxylic acids is 1. The molecule has 2 heterocycles. The average Bonchev–Trinajstić information content (AvgIpc) is 2.87. The Morgan fingerprint density at radius 1 is 1.53 bits per heavy atom. The van der Waals surface area contributed by atoms with Crippen molar-refractivity contribution in [2.75, 3.05) is 11.5 Å². The second kappa shape index (κ2) is 4.73. The third kappa shape index (κ3) is 2.50. The van der Waals surface area contributed by atoms with Crippen LogP contribution in [0.3, 0.4) is 0 Å². The Labute approximate surface area is 110 Å². The van der Waals surface area contributed by atoms with Crippen molar-refractivity contribution in [1.82, 2.24) is 5.32 Å².